The maximum atomic E-state index is 13.6. The molecule has 0 bridgehead atoms. The van der Waals surface area contributed by atoms with Crippen molar-refractivity contribution in [2.75, 3.05) is 17.2 Å². The number of aromatic nitrogens is 2. The van der Waals surface area contributed by atoms with Crippen LogP contribution in [0.2, 0.25) is 0 Å². The van der Waals surface area contributed by atoms with Gasteiger partial charge in [-0.1, -0.05) is 6.92 Å². The van der Waals surface area contributed by atoms with Crippen molar-refractivity contribution in [1.29, 1.82) is 0 Å². The van der Waals surface area contributed by atoms with Crippen molar-refractivity contribution in [2.45, 2.75) is 20.3 Å². The summed E-state index contributed by atoms with van der Waals surface area (Å²) in [6.07, 6.45) is 0.943. The summed E-state index contributed by atoms with van der Waals surface area (Å²) in [5.41, 5.74) is 0.780. The molecule has 0 aliphatic heterocycles. The van der Waals surface area contributed by atoms with Gasteiger partial charge in [0.25, 0.3) is 0 Å². The van der Waals surface area contributed by atoms with Crippen LogP contribution in [0.5, 0.6) is 0 Å². The maximum absolute atomic E-state index is 13.6. The van der Waals surface area contributed by atoms with Crippen LogP contribution in [0.1, 0.15) is 19.0 Å². The van der Waals surface area contributed by atoms with Crippen LogP contribution in [-0.4, -0.2) is 16.5 Å². The summed E-state index contributed by atoms with van der Waals surface area (Å²) in [4.78, 5) is 8.44. The summed E-state index contributed by atoms with van der Waals surface area (Å²) in [5.74, 6) is -0.165. The number of nitrogens with zero attached hydrogens (tertiary/aromatic N) is 2. The zero-order valence-corrected chi connectivity index (χ0v) is 11.4. The van der Waals surface area contributed by atoms with Gasteiger partial charge in [-0.25, -0.2) is 13.8 Å². The van der Waals surface area contributed by atoms with Gasteiger partial charge in [0, 0.05) is 24.4 Å². The Morgan fingerprint density at radius 3 is 2.70 bits per heavy atom. The third-order valence-corrected chi connectivity index (χ3v) is 2.58. The van der Waals surface area contributed by atoms with Crippen molar-refractivity contribution in [2.24, 2.45) is 0 Å². The molecule has 0 spiro atoms. The Bertz CT molecular complexity index is 602. The van der Waals surface area contributed by atoms with Crippen LogP contribution in [0.4, 0.5) is 26.2 Å². The molecule has 0 aliphatic rings. The molecule has 1 aromatic heterocycles. The lowest BCUT2D eigenvalue weighted by Crippen LogP contribution is -2.07. The van der Waals surface area contributed by atoms with E-state index in [0.717, 1.165) is 36.9 Å². The van der Waals surface area contributed by atoms with Crippen LogP contribution in [0, 0.1) is 18.6 Å². The number of benzene rings is 1. The first-order valence-electron chi connectivity index (χ1n) is 6.40. The van der Waals surface area contributed by atoms with Crippen molar-refractivity contribution in [1.82, 2.24) is 9.97 Å². The van der Waals surface area contributed by atoms with Crippen molar-refractivity contribution in [3.05, 3.63) is 41.6 Å². The first-order valence-corrected chi connectivity index (χ1v) is 6.40. The lowest BCUT2D eigenvalue weighted by atomic mass is 10.3. The minimum atomic E-state index is -0.536. The maximum Gasteiger partial charge on any atom is 0.224 e. The molecule has 2 aromatic rings. The van der Waals surface area contributed by atoms with E-state index in [-0.39, 0.29) is 5.69 Å². The summed E-state index contributed by atoms with van der Waals surface area (Å²) in [7, 11) is 0. The van der Waals surface area contributed by atoms with Crippen molar-refractivity contribution in [3.8, 4) is 0 Å². The molecule has 106 valence electrons. The normalized spacial score (nSPS) is 10.4. The van der Waals surface area contributed by atoms with Gasteiger partial charge in [0.2, 0.25) is 5.95 Å². The second-order valence-corrected chi connectivity index (χ2v) is 4.39. The van der Waals surface area contributed by atoms with E-state index in [4.69, 9.17) is 0 Å². The van der Waals surface area contributed by atoms with Gasteiger partial charge in [-0.15, -0.1) is 0 Å². The van der Waals surface area contributed by atoms with E-state index in [1.165, 1.54) is 0 Å². The Hall–Kier alpha value is -2.24. The molecule has 20 heavy (non-hydrogen) atoms. The molecule has 0 atom stereocenters. The van der Waals surface area contributed by atoms with E-state index in [2.05, 4.69) is 20.6 Å². The average molecular weight is 278 g/mol. The molecule has 4 nitrogen and oxygen atoms in total. The van der Waals surface area contributed by atoms with Gasteiger partial charge < -0.3 is 10.6 Å². The molecule has 2 N–H and O–H groups in total. The summed E-state index contributed by atoms with van der Waals surface area (Å²) < 4.78 is 26.7. The molecule has 1 heterocycles. The van der Waals surface area contributed by atoms with Gasteiger partial charge >= 0.3 is 0 Å². The number of hydrogen-bond acceptors (Lipinski definition) is 4. The molecule has 0 aliphatic carbocycles. The van der Waals surface area contributed by atoms with E-state index >= 15 is 0 Å². The Kier molecular flexibility index (Phi) is 4.45. The van der Waals surface area contributed by atoms with Crippen molar-refractivity contribution < 1.29 is 8.78 Å². The Morgan fingerprint density at radius 1 is 1.15 bits per heavy atom. The Labute approximate surface area is 116 Å². The molecule has 2 rings (SSSR count). The highest BCUT2D eigenvalue weighted by molar-refractivity contribution is 5.58. The molecular formula is C14H16F2N4. The average Bonchev–Trinajstić information content (AvgIpc) is 2.40. The molecule has 0 saturated heterocycles. The van der Waals surface area contributed by atoms with E-state index in [1.54, 1.807) is 6.07 Å². The van der Waals surface area contributed by atoms with Gasteiger partial charge in [-0.3, -0.25) is 0 Å². The second-order valence-electron chi connectivity index (χ2n) is 4.39. The topological polar surface area (TPSA) is 49.8 Å². The van der Waals surface area contributed by atoms with E-state index in [0.29, 0.717) is 11.8 Å². The molecular weight excluding hydrogens is 262 g/mol. The van der Waals surface area contributed by atoms with Gasteiger partial charge in [0.15, 0.2) is 0 Å². The standard InChI is InChI=1S/C14H16F2N4/c1-3-6-17-14-18-9(2)7-13(20-14)19-12-8-10(15)4-5-11(12)16/h4-5,7-8H,3,6H2,1-2H3,(H2,17,18,19,20). The molecule has 0 fully saturated rings. The minimum absolute atomic E-state index is 0.0459. The minimum Gasteiger partial charge on any atom is -0.354 e. The monoisotopic (exact) mass is 278 g/mol. The first kappa shape index (κ1) is 14.2. The third-order valence-electron chi connectivity index (χ3n) is 2.58. The number of aryl methyl sites for hydroxylation is 1. The fourth-order valence-electron chi connectivity index (χ4n) is 1.68. The lowest BCUT2D eigenvalue weighted by molar-refractivity contribution is 0.603. The van der Waals surface area contributed by atoms with Crippen LogP contribution in [0.25, 0.3) is 0 Å². The molecule has 0 radical (unpaired) electrons. The van der Waals surface area contributed by atoms with Gasteiger partial charge in [-0.05, 0) is 25.5 Å². The van der Waals surface area contributed by atoms with Crippen LogP contribution in [0.15, 0.2) is 24.3 Å². The van der Waals surface area contributed by atoms with E-state index in [1.807, 2.05) is 13.8 Å². The number of rotatable bonds is 5. The third kappa shape index (κ3) is 3.63. The summed E-state index contributed by atoms with van der Waals surface area (Å²) in [6.45, 7) is 4.59. The van der Waals surface area contributed by atoms with Crippen molar-refractivity contribution in [3.63, 3.8) is 0 Å². The largest absolute Gasteiger partial charge is 0.354 e. The van der Waals surface area contributed by atoms with Crippen LogP contribution < -0.4 is 10.6 Å². The Balaban J connectivity index is 2.24. The van der Waals surface area contributed by atoms with Gasteiger partial charge in [0.05, 0.1) is 5.69 Å². The first-order chi connectivity index (χ1) is 9.58. The molecule has 0 unspecified atom stereocenters. The molecule has 6 heteroatoms. The smallest absolute Gasteiger partial charge is 0.224 e. The quantitative estimate of drug-likeness (QED) is 0.877. The number of nitrogens with one attached hydrogen (secondary N) is 2. The second kappa shape index (κ2) is 6.27. The lowest BCUT2D eigenvalue weighted by Gasteiger charge is -2.10. The van der Waals surface area contributed by atoms with E-state index in [9.17, 15) is 8.78 Å². The van der Waals surface area contributed by atoms with Gasteiger partial charge in [-0.2, -0.15) is 4.98 Å². The number of hydrogen-bond donors (Lipinski definition) is 2. The van der Waals surface area contributed by atoms with Crippen LogP contribution >= 0.6 is 0 Å². The fraction of sp³-hybridized carbons (Fsp3) is 0.286. The van der Waals surface area contributed by atoms with Crippen molar-refractivity contribution >= 4 is 17.5 Å². The van der Waals surface area contributed by atoms with Crippen LogP contribution in [-0.2, 0) is 0 Å². The highest BCUT2D eigenvalue weighted by atomic mass is 19.1. The predicted octanol–water partition coefficient (Wildman–Crippen LogP) is 3.63. The highest BCUT2D eigenvalue weighted by Gasteiger charge is 2.07. The molecule has 0 amide bonds. The fourth-order valence-corrected chi connectivity index (χ4v) is 1.68. The number of anilines is 3. The highest BCUT2D eigenvalue weighted by Crippen LogP contribution is 2.20. The van der Waals surface area contributed by atoms with E-state index < -0.39 is 11.6 Å². The zero-order chi connectivity index (χ0) is 14.5. The summed E-state index contributed by atoms with van der Waals surface area (Å²) >= 11 is 0. The Morgan fingerprint density at radius 2 is 1.95 bits per heavy atom. The SMILES string of the molecule is CCCNc1nc(C)cc(Nc2cc(F)ccc2F)n1. The summed E-state index contributed by atoms with van der Waals surface area (Å²) in [5, 5.41) is 5.82. The number of halogens is 2. The zero-order valence-electron chi connectivity index (χ0n) is 11.4. The van der Waals surface area contributed by atoms with Crippen LogP contribution in [0.3, 0.4) is 0 Å². The predicted molar refractivity (Wildman–Crippen MR) is 75.2 cm³/mol. The molecule has 1 aromatic carbocycles. The molecule has 0 saturated carbocycles. The van der Waals surface area contributed by atoms with Gasteiger partial charge in [0.1, 0.15) is 17.5 Å². The summed E-state index contributed by atoms with van der Waals surface area (Å²) in [6, 6.07) is 4.90.